The van der Waals surface area contributed by atoms with Crippen LogP contribution in [-0.4, -0.2) is 20.2 Å². The van der Waals surface area contributed by atoms with Gasteiger partial charge in [-0.3, -0.25) is 0 Å². The lowest BCUT2D eigenvalue weighted by atomic mass is 10.0. The SMILES string of the molecule is COC(=O)c1cc(CNCc2cc(=O)oc3c(C)c(C)ccc23)ccc1OC. The van der Waals surface area contributed by atoms with E-state index in [-0.39, 0.29) is 5.63 Å². The van der Waals surface area contributed by atoms with Gasteiger partial charge in [-0.1, -0.05) is 18.2 Å². The Hall–Kier alpha value is -3.12. The monoisotopic (exact) mass is 381 g/mol. The average Bonchev–Trinajstić information content (AvgIpc) is 2.70. The minimum Gasteiger partial charge on any atom is -0.496 e. The third kappa shape index (κ3) is 3.92. The van der Waals surface area contributed by atoms with Crippen molar-refractivity contribution in [1.82, 2.24) is 5.32 Å². The van der Waals surface area contributed by atoms with Crippen molar-refractivity contribution >= 4 is 16.9 Å². The molecule has 28 heavy (non-hydrogen) atoms. The van der Waals surface area contributed by atoms with Crippen molar-refractivity contribution in [3.63, 3.8) is 0 Å². The highest BCUT2D eigenvalue weighted by atomic mass is 16.5. The lowest BCUT2D eigenvalue weighted by molar-refractivity contribution is 0.0597. The summed E-state index contributed by atoms with van der Waals surface area (Å²) in [5.41, 5.74) is 4.46. The molecule has 1 N–H and O–H groups in total. The summed E-state index contributed by atoms with van der Waals surface area (Å²) < 4.78 is 15.4. The molecule has 0 saturated carbocycles. The Morgan fingerprint density at radius 1 is 1.07 bits per heavy atom. The minimum atomic E-state index is -0.448. The molecule has 0 aliphatic rings. The number of carbonyl (C=O) groups excluding carboxylic acids is 1. The average molecular weight is 381 g/mol. The van der Waals surface area contributed by atoms with Crippen molar-refractivity contribution in [2.75, 3.05) is 14.2 Å². The zero-order valence-corrected chi connectivity index (χ0v) is 16.4. The van der Waals surface area contributed by atoms with E-state index in [1.165, 1.54) is 20.3 Å². The van der Waals surface area contributed by atoms with E-state index in [1.807, 2.05) is 32.0 Å². The van der Waals surface area contributed by atoms with Crippen LogP contribution in [0.2, 0.25) is 0 Å². The Bertz CT molecular complexity index is 1080. The highest BCUT2D eigenvalue weighted by Gasteiger charge is 2.14. The van der Waals surface area contributed by atoms with E-state index in [0.29, 0.717) is 30.0 Å². The molecule has 0 aliphatic carbocycles. The van der Waals surface area contributed by atoms with E-state index in [9.17, 15) is 9.59 Å². The van der Waals surface area contributed by atoms with Crippen molar-refractivity contribution < 1.29 is 18.7 Å². The quantitative estimate of drug-likeness (QED) is 0.520. The molecule has 0 unspecified atom stereocenters. The lowest BCUT2D eigenvalue weighted by Crippen LogP contribution is -2.15. The van der Waals surface area contributed by atoms with Gasteiger partial charge >= 0.3 is 11.6 Å². The molecule has 1 aromatic heterocycles. The van der Waals surface area contributed by atoms with Crippen LogP contribution < -0.4 is 15.7 Å². The van der Waals surface area contributed by atoms with Gasteiger partial charge in [-0.25, -0.2) is 9.59 Å². The second kappa shape index (κ2) is 8.27. The normalized spacial score (nSPS) is 10.9. The molecular formula is C22H23NO5. The highest BCUT2D eigenvalue weighted by Crippen LogP contribution is 2.24. The summed E-state index contributed by atoms with van der Waals surface area (Å²) in [6.07, 6.45) is 0. The van der Waals surface area contributed by atoms with E-state index in [0.717, 1.165) is 27.6 Å². The van der Waals surface area contributed by atoms with Crippen LogP contribution in [0.1, 0.15) is 32.6 Å². The molecule has 0 saturated heterocycles. The standard InChI is InChI=1S/C22H23NO5/c1-13-5-7-17-16(10-20(24)28-21(17)14(13)2)12-23-11-15-6-8-19(26-3)18(9-15)22(25)27-4/h5-10,23H,11-12H2,1-4H3. The predicted molar refractivity (Wildman–Crippen MR) is 107 cm³/mol. The van der Waals surface area contributed by atoms with Crippen molar-refractivity contribution in [2.45, 2.75) is 26.9 Å². The number of methoxy groups -OCH3 is 2. The number of hydrogen-bond acceptors (Lipinski definition) is 6. The van der Waals surface area contributed by atoms with Gasteiger partial charge in [-0.2, -0.15) is 0 Å². The lowest BCUT2D eigenvalue weighted by Gasteiger charge is -2.12. The summed E-state index contributed by atoms with van der Waals surface area (Å²) in [7, 11) is 2.85. The number of aryl methyl sites for hydroxylation is 2. The van der Waals surface area contributed by atoms with Crippen LogP contribution in [-0.2, 0) is 17.8 Å². The van der Waals surface area contributed by atoms with Gasteiger partial charge in [0.1, 0.15) is 16.9 Å². The maximum atomic E-state index is 12.0. The Balaban J connectivity index is 1.82. The summed E-state index contributed by atoms with van der Waals surface area (Å²) in [5.74, 6) is 0.0179. The van der Waals surface area contributed by atoms with E-state index in [2.05, 4.69) is 5.32 Å². The van der Waals surface area contributed by atoms with Crippen molar-refractivity contribution in [2.24, 2.45) is 0 Å². The molecule has 0 spiro atoms. The molecule has 1 heterocycles. The summed E-state index contributed by atoms with van der Waals surface area (Å²) in [6, 6.07) is 10.9. The number of hydrogen-bond donors (Lipinski definition) is 1. The van der Waals surface area contributed by atoms with Gasteiger partial charge < -0.3 is 19.2 Å². The summed E-state index contributed by atoms with van der Waals surface area (Å²) >= 11 is 0. The Morgan fingerprint density at radius 3 is 2.57 bits per heavy atom. The zero-order chi connectivity index (χ0) is 20.3. The Labute approximate surface area is 163 Å². The molecule has 3 rings (SSSR count). The smallest absolute Gasteiger partial charge is 0.341 e. The maximum Gasteiger partial charge on any atom is 0.341 e. The molecule has 0 aliphatic heterocycles. The fraction of sp³-hybridized carbons (Fsp3) is 0.273. The maximum absolute atomic E-state index is 12.0. The predicted octanol–water partition coefficient (Wildman–Crippen LogP) is 3.49. The molecule has 2 aromatic carbocycles. The van der Waals surface area contributed by atoms with Gasteiger partial charge in [0, 0.05) is 24.5 Å². The molecule has 0 bridgehead atoms. The Kier molecular flexibility index (Phi) is 5.80. The number of rotatable bonds is 6. The van der Waals surface area contributed by atoms with Gasteiger partial charge in [0.25, 0.3) is 0 Å². The van der Waals surface area contributed by atoms with E-state index in [4.69, 9.17) is 13.9 Å². The molecule has 0 amide bonds. The number of esters is 1. The number of nitrogens with one attached hydrogen (secondary N) is 1. The van der Waals surface area contributed by atoms with Gasteiger partial charge in [-0.05, 0) is 48.2 Å². The van der Waals surface area contributed by atoms with Crippen molar-refractivity contribution in [3.8, 4) is 5.75 Å². The largest absolute Gasteiger partial charge is 0.496 e. The molecule has 6 heteroatoms. The first-order valence-electron chi connectivity index (χ1n) is 8.93. The summed E-state index contributed by atoms with van der Waals surface area (Å²) in [6.45, 7) is 4.94. The van der Waals surface area contributed by atoms with Crippen LogP contribution >= 0.6 is 0 Å². The van der Waals surface area contributed by atoms with Crippen LogP contribution in [0.25, 0.3) is 11.0 Å². The first kappa shape index (κ1) is 19.6. The van der Waals surface area contributed by atoms with Crippen molar-refractivity contribution in [1.29, 1.82) is 0 Å². The molecule has 3 aromatic rings. The second-order valence-corrected chi connectivity index (χ2v) is 6.60. The number of fused-ring (bicyclic) bond motifs is 1. The Morgan fingerprint density at radius 2 is 1.86 bits per heavy atom. The van der Waals surface area contributed by atoms with Gasteiger partial charge in [0.15, 0.2) is 0 Å². The molecule has 146 valence electrons. The van der Waals surface area contributed by atoms with Crippen LogP contribution in [0.4, 0.5) is 0 Å². The number of carbonyl (C=O) groups is 1. The molecule has 0 fully saturated rings. The third-order valence-corrected chi connectivity index (χ3v) is 4.83. The van der Waals surface area contributed by atoms with E-state index in [1.54, 1.807) is 12.1 Å². The first-order chi connectivity index (χ1) is 13.4. The number of ether oxygens (including phenoxy) is 2. The van der Waals surface area contributed by atoms with Crippen LogP contribution in [0.3, 0.4) is 0 Å². The van der Waals surface area contributed by atoms with Crippen LogP contribution in [0.15, 0.2) is 45.6 Å². The second-order valence-electron chi connectivity index (χ2n) is 6.60. The fourth-order valence-corrected chi connectivity index (χ4v) is 3.15. The van der Waals surface area contributed by atoms with E-state index < -0.39 is 5.97 Å². The first-order valence-corrected chi connectivity index (χ1v) is 8.93. The highest BCUT2D eigenvalue weighted by molar-refractivity contribution is 5.92. The molecular weight excluding hydrogens is 358 g/mol. The molecule has 6 nitrogen and oxygen atoms in total. The topological polar surface area (TPSA) is 77.8 Å². The fourth-order valence-electron chi connectivity index (χ4n) is 3.15. The third-order valence-electron chi connectivity index (χ3n) is 4.83. The molecule has 0 atom stereocenters. The van der Waals surface area contributed by atoms with Gasteiger partial charge in [0.05, 0.1) is 14.2 Å². The van der Waals surface area contributed by atoms with E-state index >= 15 is 0 Å². The van der Waals surface area contributed by atoms with Crippen LogP contribution in [0, 0.1) is 13.8 Å². The van der Waals surface area contributed by atoms with Crippen LogP contribution in [0.5, 0.6) is 5.75 Å². The minimum absolute atomic E-state index is 0.365. The summed E-state index contributed by atoms with van der Waals surface area (Å²) in [5, 5.41) is 4.24. The zero-order valence-electron chi connectivity index (χ0n) is 16.4. The van der Waals surface area contributed by atoms with Gasteiger partial charge in [0.2, 0.25) is 0 Å². The van der Waals surface area contributed by atoms with Gasteiger partial charge in [-0.15, -0.1) is 0 Å². The number of benzene rings is 2. The van der Waals surface area contributed by atoms with Crippen molar-refractivity contribution in [3.05, 3.63) is 74.6 Å². The molecule has 0 radical (unpaired) electrons. The summed E-state index contributed by atoms with van der Waals surface area (Å²) in [4.78, 5) is 23.9.